The third-order valence-corrected chi connectivity index (χ3v) is 3.70. The SMILES string of the molecule is CCOC(C(C)C)C(Cc1c(C)cccc1C)NN. The highest BCUT2D eigenvalue weighted by Crippen LogP contribution is 2.20. The lowest BCUT2D eigenvalue weighted by Gasteiger charge is -2.30. The van der Waals surface area contributed by atoms with Crippen molar-refractivity contribution in [3.05, 3.63) is 34.9 Å². The lowest BCUT2D eigenvalue weighted by atomic mass is 9.90. The van der Waals surface area contributed by atoms with Gasteiger partial charge in [0.05, 0.1) is 12.1 Å². The molecule has 1 aromatic rings. The summed E-state index contributed by atoms with van der Waals surface area (Å²) in [4.78, 5) is 0. The highest BCUT2D eigenvalue weighted by molar-refractivity contribution is 5.34. The average molecular weight is 264 g/mol. The molecule has 0 amide bonds. The van der Waals surface area contributed by atoms with Gasteiger partial charge in [-0.1, -0.05) is 32.0 Å². The second-order valence-corrected chi connectivity index (χ2v) is 5.51. The molecule has 0 aromatic heterocycles. The molecule has 3 heteroatoms. The number of aryl methyl sites for hydroxylation is 2. The molecule has 0 saturated heterocycles. The van der Waals surface area contributed by atoms with Gasteiger partial charge in [-0.05, 0) is 49.8 Å². The number of ether oxygens (including phenoxy) is 1. The van der Waals surface area contributed by atoms with Crippen LogP contribution in [0.4, 0.5) is 0 Å². The molecule has 108 valence electrons. The average Bonchev–Trinajstić information content (AvgIpc) is 2.36. The molecular weight excluding hydrogens is 236 g/mol. The van der Waals surface area contributed by atoms with E-state index in [1.807, 2.05) is 6.92 Å². The Kier molecular flexibility index (Phi) is 6.49. The summed E-state index contributed by atoms with van der Waals surface area (Å²) >= 11 is 0. The number of benzene rings is 1. The summed E-state index contributed by atoms with van der Waals surface area (Å²) in [5, 5.41) is 0. The van der Waals surface area contributed by atoms with Gasteiger partial charge >= 0.3 is 0 Å². The van der Waals surface area contributed by atoms with Crippen molar-refractivity contribution in [1.29, 1.82) is 0 Å². The van der Waals surface area contributed by atoms with Gasteiger partial charge in [0.25, 0.3) is 0 Å². The maximum Gasteiger partial charge on any atom is 0.0767 e. The summed E-state index contributed by atoms with van der Waals surface area (Å²) in [6.45, 7) is 11.4. The summed E-state index contributed by atoms with van der Waals surface area (Å²) in [7, 11) is 0. The fourth-order valence-electron chi connectivity index (χ4n) is 2.63. The molecule has 0 radical (unpaired) electrons. The van der Waals surface area contributed by atoms with Crippen molar-refractivity contribution in [1.82, 2.24) is 5.43 Å². The van der Waals surface area contributed by atoms with E-state index >= 15 is 0 Å². The van der Waals surface area contributed by atoms with Crippen LogP contribution in [0.15, 0.2) is 18.2 Å². The number of nitrogens with one attached hydrogen (secondary N) is 1. The fraction of sp³-hybridized carbons (Fsp3) is 0.625. The van der Waals surface area contributed by atoms with Crippen molar-refractivity contribution in [2.24, 2.45) is 11.8 Å². The van der Waals surface area contributed by atoms with Crippen LogP contribution in [0.2, 0.25) is 0 Å². The van der Waals surface area contributed by atoms with E-state index in [4.69, 9.17) is 10.6 Å². The normalized spacial score (nSPS) is 14.7. The Morgan fingerprint density at radius 2 is 1.79 bits per heavy atom. The van der Waals surface area contributed by atoms with Gasteiger partial charge in [0.15, 0.2) is 0 Å². The molecular formula is C16H28N2O. The molecule has 0 saturated carbocycles. The second-order valence-electron chi connectivity index (χ2n) is 5.51. The van der Waals surface area contributed by atoms with Crippen LogP contribution in [0, 0.1) is 19.8 Å². The van der Waals surface area contributed by atoms with Crippen molar-refractivity contribution in [2.75, 3.05) is 6.61 Å². The predicted molar refractivity (Wildman–Crippen MR) is 81.0 cm³/mol. The number of nitrogens with two attached hydrogens (primary N) is 1. The molecule has 0 spiro atoms. The minimum Gasteiger partial charge on any atom is -0.377 e. The Hall–Kier alpha value is -0.900. The number of hydrogen-bond donors (Lipinski definition) is 2. The summed E-state index contributed by atoms with van der Waals surface area (Å²) in [5.41, 5.74) is 6.95. The van der Waals surface area contributed by atoms with Crippen LogP contribution in [0.5, 0.6) is 0 Å². The molecule has 3 N–H and O–H groups in total. The maximum absolute atomic E-state index is 5.87. The Balaban J connectivity index is 2.91. The standard InChI is InChI=1S/C16H28N2O/c1-6-19-16(11(2)3)15(18-17)10-14-12(4)8-7-9-13(14)5/h7-9,11,15-16,18H,6,10,17H2,1-5H3. The van der Waals surface area contributed by atoms with Gasteiger partial charge in [-0.2, -0.15) is 0 Å². The molecule has 0 aliphatic rings. The number of rotatable bonds is 7. The third kappa shape index (κ3) is 4.30. The lowest BCUT2D eigenvalue weighted by molar-refractivity contribution is 0.00350. The Bertz CT molecular complexity index is 370. The van der Waals surface area contributed by atoms with Crippen LogP contribution in [0.3, 0.4) is 0 Å². The Labute approximate surface area is 117 Å². The first-order chi connectivity index (χ1) is 9.01. The third-order valence-electron chi connectivity index (χ3n) is 3.70. The predicted octanol–water partition coefficient (Wildman–Crippen LogP) is 2.74. The van der Waals surface area contributed by atoms with Gasteiger partial charge in [-0.25, -0.2) is 0 Å². The van der Waals surface area contributed by atoms with E-state index in [9.17, 15) is 0 Å². The van der Waals surface area contributed by atoms with E-state index in [2.05, 4.69) is 51.3 Å². The topological polar surface area (TPSA) is 47.3 Å². The van der Waals surface area contributed by atoms with E-state index in [1.165, 1.54) is 16.7 Å². The molecule has 3 nitrogen and oxygen atoms in total. The van der Waals surface area contributed by atoms with Crippen LogP contribution < -0.4 is 11.3 Å². The zero-order chi connectivity index (χ0) is 14.4. The molecule has 0 fully saturated rings. The summed E-state index contributed by atoms with van der Waals surface area (Å²) < 4.78 is 5.87. The van der Waals surface area contributed by atoms with Crippen LogP contribution in [0.25, 0.3) is 0 Å². The summed E-state index contributed by atoms with van der Waals surface area (Å²) in [6, 6.07) is 6.54. The first-order valence-corrected chi connectivity index (χ1v) is 7.14. The van der Waals surface area contributed by atoms with E-state index in [1.54, 1.807) is 0 Å². The van der Waals surface area contributed by atoms with Crippen molar-refractivity contribution in [3.8, 4) is 0 Å². The monoisotopic (exact) mass is 264 g/mol. The molecule has 19 heavy (non-hydrogen) atoms. The lowest BCUT2D eigenvalue weighted by Crippen LogP contribution is -2.49. The van der Waals surface area contributed by atoms with Crippen LogP contribution in [0.1, 0.15) is 37.5 Å². The molecule has 0 heterocycles. The summed E-state index contributed by atoms with van der Waals surface area (Å²) in [6.07, 6.45) is 1.03. The van der Waals surface area contributed by atoms with Gasteiger partial charge in [0, 0.05) is 6.61 Å². The van der Waals surface area contributed by atoms with E-state index in [0.717, 1.165) is 6.42 Å². The van der Waals surface area contributed by atoms with E-state index < -0.39 is 0 Å². The van der Waals surface area contributed by atoms with Crippen LogP contribution >= 0.6 is 0 Å². The molecule has 0 bridgehead atoms. The quantitative estimate of drug-likeness (QED) is 0.588. The Morgan fingerprint density at radius 3 is 2.21 bits per heavy atom. The van der Waals surface area contributed by atoms with Gasteiger partial charge in [-0.3, -0.25) is 11.3 Å². The number of hydrazine groups is 1. The fourth-order valence-corrected chi connectivity index (χ4v) is 2.63. The van der Waals surface area contributed by atoms with Crippen molar-refractivity contribution in [2.45, 2.75) is 53.2 Å². The van der Waals surface area contributed by atoms with Crippen LogP contribution in [-0.2, 0) is 11.2 Å². The largest absolute Gasteiger partial charge is 0.377 e. The first kappa shape index (κ1) is 16.2. The second kappa shape index (κ2) is 7.63. The smallest absolute Gasteiger partial charge is 0.0767 e. The van der Waals surface area contributed by atoms with Gasteiger partial charge < -0.3 is 4.74 Å². The van der Waals surface area contributed by atoms with Crippen molar-refractivity contribution in [3.63, 3.8) is 0 Å². The van der Waals surface area contributed by atoms with Crippen LogP contribution in [-0.4, -0.2) is 18.8 Å². The number of hydrogen-bond acceptors (Lipinski definition) is 3. The molecule has 0 aliphatic heterocycles. The molecule has 1 rings (SSSR count). The van der Waals surface area contributed by atoms with Crippen molar-refractivity contribution >= 4 is 0 Å². The first-order valence-electron chi connectivity index (χ1n) is 7.14. The van der Waals surface area contributed by atoms with Gasteiger partial charge in [0.1, 0.15) is 0 Å². The zero-order valence-corrected chi connectivity index (χ0v) is 12.9. The molecule has 1 aromatic carbocycles. The van der Waals surface area contributed by atoms with Gasteiger partial charge in [-0.15, -0.1) is 0 Å². The van der Waals surface area contributed by atoms with E-state index in [0.29, 0.717) is 12.5 Å². The highest BCUT2D eigenvalue weighted by atomic mass is 16.5. The molecule has 2 atom stereocenters. The Morgan fingerprint density at radius 1 is 1.21 bits per heavy atom. The molecule has 2 unspecified atom stereocenters. The minimum absolute atomic E-state index is 0.133. The minimum atomic E-state index is 0.133. The summed E-state index contributed by atoms with van der Waals surface area (Å²) in [5.74, 6) is 6.20. The zero-order valence-electron chi connectivity index (χ0n) is 12.9. The highest BCUT2D eigenvalue weighted by Gasteiger charge is 2.25. The molecule has 0 aliphatic carbocycles. The van der Waals surface area contributed by atoms with Crippen molar-refractivity contribution < 1.29 is 4.74 Å². The van der Waals surface area contributed by atoms with E-state index in [-0.39, 0.29) is 12.1 Å². The van der Waals surface area contributed by atoms with Gasteiger partial charge in [0.2, 0.25) is 0 Å². The maximum atomic E-state index is 5.87.